The number of hydrogen-bond donors (Lipinski definition) is 0. The summed E-state index contributed by atoms with van der Waals surface area (Å²) in [4.78, 5) is 13.4. The van der Waals surface area contributed by atoms with Crippen LogP contribution in [0.2, 0.25) is 0 Å². The summed E-state index contributed by atoms with van der Waals surface area (Å²) in [5, 5.41) is 4.45. The third-order valence-electron chi connectivity index (χ3n) is 4.07. The molecule has 4 heterocycles. The minimum Gasteiger partial charge on any atom is -0.334 e. The first kappa shape index (κ1) is 15.4. The third-order valence-corrected chi connectivity index (χ3v) is 4.50. The van der Waals surface area contributed by atoms with Gasteiger partial charge in [0, 0.05) is 41.6 Å². The molecule has 0 saturated heterocycles. The van der Waals surface area contributed by atoms with Crippen molar-refractivity contribution in [3.05, 3.63) is 35.0 Å². The molecule has 0 radical (unpaired) electrons. The molecule has 0 unspecified atom stereocenters. The van der Waals surface area contributed by atoms with E-state index in [1.165, 1.54) is 0 Å². The van der Waals surface area contributed by atoms with Gasteiger partial charge >= 0.3 is 0 Å². The van der Waals surface area contributed by atoms with Crippen LogP contribution in [-0.4, -0.2) is 36.0 Å². The Labute approximate surface area is 146 Å². The second-order valence-corrected chi connectivity index (χ2v) is 6.67. The van der Waals surface area contributed by atoms with Crippen molar-refractivity contribution in [2.24, 2.45) is 0 Å². The zero-order chi connectivity index (χ0) is 16.5. The Morgan fingerprint density at radius 3 is 2.92 bits per heavy atom. The lowest BCUT2D eigenvalue weighted by molar-refractivity contribution is 0.429. The topological polar surface area (TPSA) is 61.4 Å². The highest BCUT2D eigenvalue weighted by Crippen LogP contribution is 2.25. The van der Waals surface area contributed by atoms with E-state index in [9.17, 15) is 4.39 Å². The standard InChI is InChI=1S/C16H16BrFN6/c17-12-7-11(8-19-9-12)15-21-16(24(22-15)6-4-18)13-10-23-5-2-1-3-14(23)20-13/h7-10H,1-6H2. The Hall–Kier alpha value is -2.09. The highest BCUT2D eigenvalue weighted by atomic mass is 79.9. The van der Waals surface area contributed by atoms with Gasteiger partial charge < -0.3 is 4.57 Å². The maximum atomic E-state index is 12.9. The Morgan fingerprint density at radius 2 is 2.12 bits per heavy atom. The largest absolute Gasteiger partial charge is 0.334 e. The molecule has 1 aliphatic rings. The number of fused-ring (bicyclic) bond motifs is 1. The van der Waals surface area contributed by atoms with E-state index in [2.05, 4.69) is 40.5 Å². The number of aromatic nitrogens is 6. The summed E-state index contributed by atoms with van der Waals surface area (Å²) in [6.45, 7) is 0.633. The summed E-state index contributed by atoms with van der Waals surface area (Å²) in [6, 6.07) is 1.89. The summed E-state index contributed by atoms with van der Waals surface area (Å²) < 4.78 is 17.5. The SMILES string of the molecule is FCCn1nc(-c2cncc(Br)c2)nc1-c1cn2c(n1)CCCC2. The van der Waals surface area contributed by atoms with Crippen LogP contribution in [-0.2, 0) is 19.5 Å². The molecule has 8 heteroatoms. The molecule has 4 rings (SSSR count). The van der Waals surface area contributed by atoms with E-state index in [-0.39, 0.29) is 6.54 Å². The predicted molar refractivity (Wildman–Crippen MR) is 91.1 cm³/mol. The van der Waals surface area contributed by atoms with Crippen molar-refractivity contribution in [3.63, 3.8) is 0 Å². The van der Waals surface area contributed by atoms with Gasteiger partial charge in [0.2, 0.25) is 0 Å². The van der Waals surface area contributed by atoms with E-state index in [0.717, 1.165) is 47.4 Å². The maximum Gasteiger partial charge on any atom is 0.183 e. The molecule has 0 spiro atoms. The molecule has 6 nitrogen and oxygen atoms in total. The van der Waals surface area contributed by atoms with Crippen LogP contribution in [0.5, 0.6) is 0 Å². The van der Waals surface area contributed by atoms with Crippen LogP contribution in [0.1, 0.15) is 18.7 Å². The fraction of sp³-hybridized carbons (Fsp3) is 0.375. The molecule has 0 N–H and O–H groups in total. The van der Waals surface area contributed by atoms with E-state index in [1.54, 1.807) is 17.1 Å². The fourth-order valence-electron chi connectivity index (χ4n) is 2.94. The van der Waals surface area contributed by atoms with Crippen LogP contribution in [0.25, 0.3) is 22.9 Å². The van der Waals surface area contributed by atoms with Crippen LogP contribution < -0.4 is 0 Å². The van der Waals surface area contributed by atoms with Crippen LogP contribution in [0.15, 0.2) is 29.1 Å². The second-order valence-electron chi connectivity index (χ2n) is 5.76. The molecule has 3 aromatic heterocycles. The minimum atomic E-state index is -0.500. The van der Waals surface area contributed by atoms with E-state index >= 15 is 0 Å². The lowest BCUT2D eigenvalue weighted by Gasteiger charge is -2.11. The van der Waals surface area contributed by atoms with Crippen molar-refractivity contribution >= 4 is 15.9 Å². The molecular weight excluding hydrogens is 375 g/mol. The summed E-state index contributed by atoms with van der Waals surface area (Å²) in [6.07, 6.45) is 8.68. The van der Waals surface area contributed by atoms with Crippen molar-refractivity contribution in [2.75, 3.05) is 6.67 Å². The van der Waals surface area contributed by atoms with Crippen LogP contribution in [0.3, 0.4) is 0 Å². The van der Waals surface area contributed by atoms with Crippen molar-refractivity contribution in [1.82, 2.24) is 29.3 Å². The van der Waals surface area contributed by atoms with Crippen LogP contribution in [0.4, 0.5) is 4.39 Å². The Kier molecular flexibility index (Phi) is 4.13. The molecule has 0 amide bonds. The average molecular weight is 391 g/mol. The van der Waals surface area contributed by atoms with E-state index in [1.807, 2.05) is 12.3 Å². The number of alkyl halides is 1. The fourth-order valence-corrected chi connectivity index (χ4v) is 3.31. The first-order valence-corrected chi connectivity index (χ1v) is 8.72. The number of imidazole rings is 1. The first-order chi connectivity index (χ1) is 11.7. The third kappa shape index (κ3) is 2.86. The van der Waals surface area contributed by atoms with Gasteiger partial charge in [-0.05, 0) is 34.8 Å². The Balaban J connectivity index is 1.78. The molecule has 124 valence electrons. The number of halogens is 2. The van der Waals surface area contributed by atoms with E-state index in [0.29, 0.717) is 11.6 Å². The maximum absolute atomic E-state index is 12.9. The normalized spacial score (nSPS) is 13.9. The van der Waals surface area contributed by atoms with Crippen molar-refractivity contribution in [1.29, 1.82) is 0 Å². The second kappa shape index (κ2) is 6.43. The molecule has 3 aromatic rings. The molecule has 0 aromatic carbocycles. The van der Waals surface area contributed by atoms with Gasteiger partial charge in [0.25, 0.3) is 0 Å². The van der Waals surface area contributed by atoms with Gasteiger partial charge in [-0.3, -0.25) is 4.98 Å². The van der Waals surface area contributed by atoms with Gasteiger partial charge in [-0.2, -0.15) is 5.10 Å². The first-order valence-electron chi connectivity index (χ1n) is 7.93. The summed E-state index contributed by atoms with van der Waals surface area (Å²) >= 11 is 3.40. The van der Waals surface area contributed by atoms with E-state index in [4.69, 9.17) is 0 Å². The summed E-state index contributed by atoms with van der Waals surface area (Å²) in [5.74, 6) is 2.19. The molecule has 0 atom stereocenters. The lowest BCUT2D eigenvalue weighted by atomic mass is 10.2. The summed E-state index contributed by atoms with van der Waals surface area (Å²) in [5.41, 5.74) is 1.54. The van der Waals surface area contributed by atoms with Crippen LogP contribution in [0, 0.1) is 0 Å². The monoisotopic (exact) mass is 390 g/mol. The minimum absolute atomic E-state index is 0.159. The predicted octanol–water partition coefficient (Wildman–Crippen LogP) is 3.27. The number of aryl methyl sites for hydroxylation is 3. The lowest BCUT2D eigenvalue weighted by Crippen LogP contribution is -2.08. The summed E-state index contributed by atoms with van der Waals surface area (Å²) in [7, 11) is 0. The number of hydrogen-bond acceptors (Lipinski definition) is 4. The average Bonchev–Trinajstić information content (AvgIpc) is 3.19. The van der Waals surface area contributed by atoms with Gasteiger partial charge in [-0.25, -0.2) is 19.0 Å². The zero-order valence-electron chi connectivity index (χ0n) is 13.0. The van der Waals surface area contributed by atoms with Gasteiger partial charge in [-0.1, -0.05) is 0 Å². The zero-order valence-corrected chi connectivity index (χ0v) is 14.6. The Morgan fingerprint density at radius 1 is 1.21 bits per heavy atom. The molecule has 24 heavy (non-hydrogen) atoms. The molecule has 0 aliphatic carbocycles. The molecule has 0 bridgehead atoms. The van der Waals surface area contributed by atoms with Crippen molar-refractivity contribution in [3.8, 4) is 22.9 Å². The number of nitrogens with zero attached hydrogens (tertiary/aromatic N) is 6. The van der Waals surface area contributed by atoms with Gasteiger partial charge in [0.15, 0.2) is 11.6 Å². The van der Waals surface area contributed by atoms with E-state index < -0.39 is 6.67 Å². The highest BCUT2D eigenvalue weighted by Gasteiger charge is 2.19. The van der Waals surface area contributed by atoms with Crippen molar-refractivity contribution in [2.45, 2.75) is 32.4 Å². The smallest absolute Gasteiger partial charge is 0.183 e. The highest BCUT2D eigenvalue weighted by molar-refractivity contribution is 9.10. The number of pyridine rings is 1. The van der Waals surface area contributed by atoms with Gasteiger partial charge in [-0.15, -0.1) is 0 Å². The number of rotatable bonds is 4. The van der Waals surface area contributed by atoms with Crippen LogP contribution >= 0.6 is 15.9 Å². The quantitative estimate of drug-likeness (QED) is 0.685. The molecular formula is C16H16BrFN6. The Bertz CT molecular complexity index is 848. The molecule has 0 saturated carbocycles. The molecule has 0 fully saturated rings. The molecule has 1 aliphatic heterocycles. The van der Waals surface area contributed by atoms with Gasteiger partial charge in [0.05, 0.1) is 6.54 Å². The van der Waals surface area contributed by atoms with Crippen molar-refractivity contribution < 1.29 is 4.39 Å². The van der Waals surface area contributed by atoms with Gasteiger partial charge in [0.1, 0.15) is 18.2 Å².